The molecule has 0 saturated heterocycles. The molecule has 2 rings (SSSR count). The van der Waals surface area contributed by atoms with Crippen LogP contribution in [0, 0.1) is 5.82 Å². The predicted octanol–water partition coefficient (Wildman–Crippen LogP) is 2.74. The van der Waals surface area contributed by atoms with Gasteiger partial charge in [-0.15, -0.1) is 0 Å². The van der Waals surface area contributed by atoms with Gasteiger partial charge >= 0.3 is 0 Å². The van der Waals surface area contributed by atoms with Gasteiger partial charge in [0.2, 0.25) is 0 Å². The van der Waals surface area contributed by atoms with Crippen LogP contribution in [-0.4, -0.2) is 14.8 Å². The molecular weight excluding hydrogens is 205 g/mol. The van der Waals surface area contributed by atoms with E-state index in [2.05, 4.69) is 23.9 Å². The number of halogens is 1. The molecule has 0 fully saturated rings. The monoisotopic (exact) mass is 219 g/mol. The van der Waals surface area contributed by atoms with Gasteiger partial charge in [0, 0.05) is 12.7 Å². The highest BCUT2D eigenvalue weighted by Crippen LogP contribution is 2.21. The van der Waals surface area contributed by atoms with Crippen LogP contribution >= 0.6 is 0 Å². The number of hydrogen-bond acceptors (Lipinski definition) is 2. The summed E-state index contributed by atoms with van der Waals surface area (Å²) in [6.07, 6.45) is 1.21. The summed E-state index contributed by atoms with van der Waals surface area (Å²) < 4.78 is 14.6. The van der Waals surface area contributed by atoms with E-state index in [4.69, 9.17) is 0 Å². The fourth-order valence-corrected chi connectivity index (χ4v) is 1.67. The zero-order valence-corrected chi connectivity index (χ0v) is 9.61. The molecule has 0 spiro atoms. The van der Waals surface area contributed by atoms with Gasteiger partial charge in [-0.3, -0.25) is 9.67 Å². The summed E-state index contributed by atoms with van der Waals surface area (Å²) in [7, 11) is 1.91. The van der Waals surface area contributed by atoms with Crippen molar-refractivity contribution in [3.63, 3.8) is 0 Å². The van der Waals surface area contributed by atoms with E-state index in [0.717, 1.165) is 11.4 Å². The Hall–Kier alpha value is -1.71. The van der Waals surface area contributed by atoms with Crippen molar-refractivity contribution in [1.29, 1.82) is 0 Å². The minimum Gasteiger partial charge on any atom is -0.272 e. The van der Waals surface area contributed by atoms with Gasteiger partial charge in [0.1, 0.15) is 11.5 Å². The Balaban J connectivity index is 2.41. The molecule has 3 nitrogen and oxygen atoms in total. The second-order valence-corrected chi connectivity index (χ2v) is 4.09. The molecule has 84 valence electrons. The highest BCUT2D eigenvalue weighted by atomic mass is 19.1. The van der Waals surface area contributed by atoms with Gasteiger partial charge in [0.25, 0.3) is 0 Å². The van der Waals surface area contributed by atoms with E-state index < -0.39 is 0 Å². The molecule has 0 bridgehead atoms. The van der Waals surface area contributed by atoms with Gasteiger partial charge in [0.15, 0.2) is 0 Å². The minimum absolute atomic E-state index is 0.330. The molecule has 0 aromatic carbocycles. The third-order valence-corrected chi connectivity index (χ3v) is 2.50. The summed E-state index contributed by atoms with van der Waals surface area (Å²) in [4.78, 5) is 4.01. The maximum Gasteiger partial charge on any atom is 0.141 e. The summed E-state index contributed by atoms with van der Waals surface area (Å²) in [5.41, 5.74) is 2.62. The van der Waals surface area contributed by atoms with Gasteiger partial charge in [-0.25, -0.2) is 4.39 Å². The lowest BCUT2D eigenvalue weighted by molar-refractivity contribution is 0.621. The molecule has 0 radical (unpaired) electrons. The largest absolute Gasteiger partial charge is 0.272 e. The van der Waals surface area contributed by atoms with Gasteiger partial charge in [-0.1, -0.05) is 13.8 Å². The smallest absolute Gasteiger partial charge is 0.141 e. The van der Waals surface area contributed by atoms with Crippen LogP contribution < -0.4 is 0 Å². The molecule has 0 amide bonds. The van der Waals surface area contributed by atoms with Crippen LogP contribution in [0.3, 0.4) is 0 Å². The van der Waals surface area contributed by atoms with Gasteiger partial charge < -0.3 is 0 Å². The molecule has 4 heteroatoms. The highest BCUT2D eigenvalue weighted by molar-refractivity contribution is 5.54. The van der Waals surface area contributed by atoms with Crippen LogP contribution in [0.5, 0.6) is 0 Å². The third-order valence-electron chi connectivity index (χ3n) is 2.50. The average Bonchev–Trinajstić information content (AvgIpc) is 2.61. The predicted molar refractivity (Wildman–Crippen MR) is 60.5 cm³/mol. The van der Waals surface area contributed by atoms with E-state index in [9.17, 15) is 4.39 Å². The Kier molecular flexibility index (Phi) is 2.73. The van der Waals surface area contributed by atoms with E-state index in [0.29, 0.717) is 11.6 Å². The SMILES string of the molecule is CC(C)c1cc(-c2ccc(F)cn2)nn1C. The molecule has 0 aliphatic carbocycles. The van der Waals surface area contributed by atoms with Crippen molar-refractivity contribution < 1.29 is 4.39 Å². The van der Waals surface area contributed by atoms with Crippen molar-refractivity contribution in [2.45, 2.75) is 19.8 Å². The Bertz CT molecular complexity index is 485. The molecule has 0 unspecified atom stereocenters. The third kappa shape index (κ3) is 1.96. The maximum absolute atomic E-state index is 12.7. The molecule has 0 aliphatic rings. The zero-order chi connectivity index (χ0) is 11.7. The van der Waals surface area contributed by atoms with Gasteiger partial charge in [0.05, 0.1) is 11.9 Å². The van der Waals surface area contributed by atoms with Gasteiger partial charge in [-0.05, 0) is 24.1 Å². The number of nitrogens with zero attached hydrogens (tertiary/aromatic N) is 3. The van der Waals surface area contributed by atoms with Crippen LogP contribution in [-0.2, 0) is 7.05 Å². The summed E-state index contributed by atoms with van der Waals surface area (Å²) in [6.45, 7) is 4.22. The Morgan fingerprint density at radius 2 is 2.00 bits per heavy atom. The molecule has 0 saturated carbocycles. The summed E-state index contributed by atoms with van der Waals surface area (Å²) >= 11 is 0. The van der Waals surface area contributed by atoms with Crippen molar-refractivity contribution in [3.8, 4) is 11.4 Å². The maximum atomic E-state index is 12.7. The highest BCUT2D eigenvalue weighted by Gasteiger charge is 2.10. The van der Waals surface area contributed by atoms with Crippen molar-refractivity contribution in [2.75, 3.05) is 0 Å². The van der Waals surface area contributed by atoms with E-state index >= 15 is 0 Å². The topological polar surface area (TPSA) is 30.7 Å². The lowest BCUT2D eigenvalue weighted by atomic mass is 10.1. The molecule has 2 aromatic rings. The molecule has 2 aromatic heterocycles. The first-order valence-electron chi connectivity index (χ1n) is 5.24. The lowest BCUT2D eigenvalue weighted by Gasteiger charge is -2.02. The quantitative estimate of drug-likeness (QED) is 0.777. The molecule has 0 atom stereocenters. The first-order chi connectivity index (χ1) is 7.58. The van der Waals surface area contributed by atoms with Crippen molar-refractivity contribution in [1.82, 2.24) is 14.8 Å². The van der Waals surface area contributed by atoms with Gasteiger partial charge in [-0.2, -0.15) is 5.10 Å². The van der Waals surface area contributed by atoms with Crippen LogP contribution in [0.1, 0.15) is 25.5 Å². The molecule has 16 heavy (non-hydrogen) atoms. The summed E-state index contributed by atoms with van der Waals surface area (Å²) in [6, 6.07) is 5.03. The van der Waals surface area contributed by atoms with Crippen molar-refractivity contribution >= 4 is 0 Å². The fourth-order valence-electron chi connectivity index (χ4n) is 1.67. The van der Waals surface area contributed by atoms with Crippen molar-refractivity contribution in [2.24, 2.45) is 7.05 Å². The Morgan fingerprint density at radius 1 is 1.25 bits per heavy atom. The standard InChI is InChI=1S/C12H14FN3/c1-8(2)12-6-11(15-16(12)3)10-5-4-9(13)7-14-10/h4-8H,1-3H3. The van der Waals surface area contributed by atoms with Crippen LogP contribution in [0.15, 0.2) is 24.4 Å². The van der Waals surface area contributed by atoms with E-state index in [-0.39, 0.29) is 5.82 Å². The van der Waals surface area contributed by atoms with E-state index in [1.165, 1.54) is 12.3 Å². The first kappa shape index (κ1) is 10.8. The lowest BCUT2D eigenvalue weighted by Crippen LogP contribution is -1.99. The number of hydrogen-bond donors (Lipinski definition) is 0. The Labute approximate surface area is 93.9 Å². The fraction of sp³-hybridized carbons (Fsp3) is 0.333. The van der Waals surface area contributed by atoms with Crippen LogP contribution in [0.4, 0.5) is 4.39 Å². The Morgan fingerprint density at radius 3 is 2.50 bits per heavy atom. The minimum atomic E-state index is -0.330. The molecule has 0 aliphatic heterocycles. The summed E-state index contributed by atoms with van der Waals surface area (Å²) in [5, 5.41) is 4.36. The van der Waals surface area contributed by atoms with E-state index in [1.807, 2.05) is 17.8 Å². The molecular formula is C12H14FN3. The van der Waals surface area contributed by atoms with E-state index in [1.54, 1.807) is 6.07 Å². The second kappa shape index (κ2) is 4.04. The summed E-state index contributed by atoms with van der Waals surface area (Å²) in [5.74, 6) is 0.0791. The average molecular weight is 219 g/mol. The van der Waals surface area contributed by atoms with Crippen LogP contribution in [0.25, 0.3) is 11.4 Å². The molecule has 0 N–H and O–H groups in total. The first-order valence-corrected chi connectivity index (χ1v) is 5.24. The normalized spacial score (nSPS) is 11.1. The number of pyridine rings is 1. The number of rotatable bonds is 2. The number of aromatic nitrogens is 3. The zero-order valence-electron chi connectivity index (χ0n) is 9.61. The second-order valence-electron chi connectivity index (χ2n) is 4.09. The number of aryl methyl sites for hydroxylation is 1. The van der Waals surface area contributed by atoms with Crippen molar-refractivity contribution in [3.05, 3.63) is 35.9 Å². The van der Waals surface area contributed by atoms with Crippen LogP contribution in [0.2, 0.25) is 0 Å². The molecule has 2 heterocycles.